The van der Waals surface area contributed by atoms with Crippen LogP contribution in [-0.4, -0.2) is 48.7 Å². The molecule has 0 atom stereocenters. The van der Waals surface area contributed by atoms with Crippen LogP contribution in [-0.2, 0) is 4.79 Å². The van der Waals surface area contributed by atoms with Crippen molar-refractivity contribution < 1.29 is 19.1 Å². The van der Waals surface area contributed by atoms with E-state index in [1.54, 1.807) is 29.2 Å². The Bertz CT molecular complexity index is 882. The number of amides is 2. The zero-order chi connectivity index (χ0) is 21.5. The van der Waals surface area contributed by atoms with Gasteiger partial charge in [0.15, 0.2) is 5.78 Å². The van der Waals surface area contributed by atoms with Gasteiger partial charge in [-0.3, -0.25) is 14.4 Å². The van der Waals surface area contributed by atoms with Crippen molar-refractivity contribution in [2.45, 2.75) is 26.7 Å². The molecule has 1 saturated heterocycles. The Morgan fingerprint density at radius 1 is 0.967 bits per heavy atom. The van der Waals surface area contributed by atoms with Gasteiger partial charge in [-0.2, -0.15) is 0 Å². The van der Waals surface area contributed by atoms with Gasteiger partial charge in [-0.15, -0.1) is 0 Å². The Morgan fingerprint density at radius 2 is 1.57 bits per heavy atom. The van der Waals surface area contributed by atoms with Crippen LogP contribution in [0.2, 0.25) is 0 Å². The third-order valence-electron chi connectivity index (χ3n) is 5.38. The van der Waals surface area contributed by atoms with Gasteiger partial charge in [0.05, 0.1) is 13.2 Å². The van der Waals surface area contributed by atoms with Crippen molar-refractivity contribution in [3.63, 3.8) is 0 Å². The second-order valence-electron chi connectivity index (χ2n) is 7.53. The molecule has 0 saturated carbocycles. The van der Waals surface area contributed by atoms with Crippen molar-refractivity contribution in [2.75, 3.05) is 26.2 Å². The summed E-state index contributed by atoms with van der Waals surface area (Å²) in [5.74, 6) is 0.362. The highest BCUT2D eigenvalue weighted by molar-refractivity contribution is 5.98. The molecule has 30 heavy (non-hydrogen) atoms. The maximum Gasteiger partial charge on any atom is 0.251 e. The number of piperidine rings is 1. The lowest BCUT2D eigenvalue weighted by atomic mass is 9.88. The number of hydrogen-bond donors (Lipinski definition) is 1. The fourth-order valence-corrected chi connectivity index (χ4v) is 3.58. The highest BCUT2D eigenvalue weighted by atomic mass is 16.5. The molecule has 2 amide bonds. The number of ether oxygens (including phenoxy) is 1. The minimum atomic E-state index is -0.296. The molecular formula is C24H28N2O4. The molecule has 0 bridgehead atoms. The molecule has 1 fully saturated rings. The number of carbonyl (C=O) groups excluding carboxylic acids is 3. The molecule has 158 valence electrons. The van der Waals surface area contributed by atoms with E-state index in [2.05, 4.69) is 5.32 Å². The minimum Gasteiger partial charge on any atom is -0.494 e. The second kappa shape index (κ2) is 10.1. The summed E-state index contributed by atoms with van der Waals surface area (Å²) >= 11 is 0. The number of hydrogen-bond acceptors (Lipinski definition) is 4. The summed E-state index contributed by atoms with van der Waals surface area (Å²) in [6, 6.07) is 14.4. The second-order valence-corrected chi connectivity index (χ2v) is 7.53. The average Bonchev–Trinajstić information content (AvgIpc) is 2.78. The van der Waals surface area contributed by atoms with Gasteiger partial charge in [-0.25, -0.2) is 0 Å². The average molecular weight is 408 g/mol. The predicted molar refractivity (Wildman–Crippen MR) is 115 cm³/mol. The van der Waals surface area contributed by atoms with E-state index in [1.807, 2.05) is 38.1 Å². The molecule has 3 rings (SSSR count). The third-order valence-corrected chi connectivity index (χ3v) is 5.38. The molecule has 2 aromatic carbocycles. The molecule has 0 spiro atoms. The maximum atomic E-state index is 12.7. The van der Waals surface area contributed by atoms with E-state index in [-0.39, 0.29) is 30.1 Å². The predicted octanol–water partition coefficient (Wildman–Crippen LogP) is 3.25. The first-order valence-corrected chi connectivity index (χ1v) is 10.4. The summed E-state index contributed by atoms with van der Waals surface area (Å²) in [7, 11) is 0. The van der Waals surface area contributed by atoms with Crippen LogP contribution in [0.1, 0.15) is 46.0 Å². The van der Waals surface area contributed by atoms with Crippen LogP contribution in [0.4, 0.5) is 0 Å². The summed E-state index contributed by atoms with van der Waals surface area (Å²) in [4.78, 5) is 39.1. The summed E-state index contributed by atoms with van der Waals surface area (Å²) in [5.41, 5.74) is 2.33. The maximum absolute atomic E-state index is 12.7. The molecule has 0 unspecified atom stereocenters. The highest BCUT2D eigenvalue weighted by Crippen LogP contribution is 2.22. The van der Waals surface area contributed by atoms with Crippen LogP contribution in [0, 0.1) is 12.8 Å². The van der Waals surface area contributed by atoms with Gasteiger partial charge in [-0.1, -0.05) is 29.8 Å². The summed E-state index contributed by atoms with van der Waals surface area (Å²) in [5, 5.41) is 2.67. The first-order valence-electron chi connectivity index (χ1n) is 10.4. The number of nitrogens with one attached hydrogen (secondary N) is 1. The first kappa shape index (κ1) is 21.6. The van der Waals surface area contributed by atoms with Crippen molar-refractivity contribution in [1.29, 1.82) is 0 Å². The van der Waals surface area contributed by atoms with Crippen molar-refractivity contribution in [2.24, 2.45) is 5.92 Å². The van der Waals surface area contributed by atoms with Crippen LogP contribution >= 0.6 is 0 Å². The molecule has 1 aliphatic rings. The Labute approximate surface area is 177 Å². The van der Waals surface area contributed by atoms with Gasteiger partial charge in [0.25, 0.3) is 5.91 Å². The first-order chi connectivity index (χ1) is 14.5. The van der Waals surface area contributed by atoms with E-state index in [1.165, 1.54) is 0 Å². The van der Waals surface area contributed by atoms with Crippen LogP contribution in [0.25, 0.3) is 0 Å². The highest BCUT2D eigenvalue weighted by Gasteiger charge is 2.28. The van der Waals surface area contributed by atoms with E-state index in [4.69, 9.17) is 4.74 Å². The van der Waals surface area contributed by atoms with Gasteiger partial charge in [-0.05, 0) is 51.0 Å². The van der Waals surface area contributed by atoms with Crippen LogP contribution < -0.4 is 10.1 Å². The molecule has 0 aliphatic carbocycles. The Morgan fingerprint density at radius 3 is 2.17 bits per heavy atom. The van der Waals surface area contributed by atoms with Gasteiger partial charge < -0.3 is 15.0 Å². The quantitative estimate of drug-likeness (QED) is 0.714. The third kappa shape index (κ3) is 5.47. The number of aryl methyl sites for hydroxylation is 1. The van der Waals surface area contributed by atoms with E-state index in [0.717, 1.165) is 11.1 Å². The van der Waals surface area contributed by atoms with Crippen molar-refractivity contribution in [3.8, 4) is 5.75 Å². The number of rotatable bonds is 7. The Balaban J connectivity index is 1.45. The standard InChI is InChI=1S/C24H28N2O4/c1-3-30-21-10-8-20(9-11-21)24(29)25-16-22(27)26-14-12-19(13-15-26)23(28)18-6-4-17(2)5-7-18/h4-11,19H,3,12-16H2,1-2H3,(H,25,29). The fraction of sp³-hybridized carbons (Fsp3) is 0.375. The number of ketones is 1. The molecular weight excluding hydrogens is 380 g/mol. The van der Waals surface area contributed by atoms with E-state index in [9.17, 15) is 14.4 Å². The molecule has 6 nitrogen and oxygen atoms in total. The normalized spacial score (nSPS) is 14.3. The zero-order valence-corrected chi connectivity index (χ0v) is 17.5. The van der Waals surface area contributed by atoms with Gasteiger partial charge in [0.1, 0.15) is 5.75 Å². The molecule has 6 heteroatoms. The molecule has 1 aliphatic heterocycles. The lowest BCUT2D eigenvalue weighted by Crippen LogP contribution is -2.45. The molecule has 1 N–H and O–H groups in total. The summed E-state index contributed by atoms with van der Waals surface area (Å²) < 4.78 is 5.36. The van der Waals surface area contributed by atoms with Crippen LogP contribution in [0.3, 0.4) is 0 Å². The number of carbonyl (C=O) groups is 3. The van der Waals surface area contributed by atoms with Gasteiger partial charge >= 0.3 is 0 Å². The van der Waals surface area contributed by atoms with Gasteiger partial charge in [0, 0.05) is 30.1 Å². The fourth-order valence-electron chi connectivity index (χ4n) is 3.58. The smallest absolute Gasteiger partial charge is 0.251 e. The number of nitrogens with zero attached hydrogens (tertiary/aromatic N) is 1. The van der Waals surface area contributed by atoms with Crippen molar-refractivity contribution in [3.05, 3.63) is 65.2 Å². The topological polar surface area (TPSA) is 75.7 Å². The van der Waals surface area contributed by atoms with Crippen LogP contribution in [0.5, 0.6) is 5.75 Å². The summed E-state index contributed by atoms with van der Waals surface area (Å²) in [6.45, 7) is 5.45. The monoisotopic (exact) mass is 408 g/mol. The number of Topliss-reactive ketones (excluding diaryl/α,β-unsaturated/α-hetero) is 1. The lowest BCUT2D eigenvalue weighted by Gasteiger charge is -2.31. The molecule has 1 heterocycles. The van der Waals surface area contributed by atoms with Gasteiger partial charge in [0.2, 0.25) is 5.91 Å². The molecule has 0 aromatic heterocycles. The number of likely N-dealkylation sites (tertiary alicyclic amines) is 1. The van der Waals surface area contributed by atoms with E-state index in [0.29, 0.717) is 43.9 Å². The zero-order valence-electron chi connectivity index (χ0n) is 17.5. The Hall–Kier alpha value is -3.15. The minimum absolute atomic E-state index is 0.0530. The van der Waals surface area contributed by atoms with E-state index >= 15 is 0 Å². The largest absolute Gasteiger partial charge is 0.494 e. The van der Waals surface area contributed by atoms with Crippen LogP contribution in [0.15, 0.2) is 48.5 Å². The van der Waals surface area contributed by atoms with Crippen molar-refractivity contribution in [1.82, 2.24) is 10.2 Å². The molecule has 2 aromatic rings. The lowest BCUT2D eigenvalue weighted by molar-refractivity contribution is -0.131. The number of benzene rings is 2. The Kier molecular flexibility index (Phi) is 7.22. The SMILES string of the molecule is CCOc1ccc(C(=O)NCC(=O)N2CCC(C(=O)c3ccc(C)cc3)CC2)cc1. The summed E-state index contributed by atoms with van der Waals surface area (Å²) in [6.07, 6.45) is 1.29. The van der Waals surface area contributed by atoms with E-state index < -0.39 is 0 Å². The van der Waals surface area contributed by atoms with Crippen molar-refractivity contribution >= 4 is 17.6 Å². The molecule has 0 radical (unpaired) electrons.